The summed E-state index contributed by atoms with van der Waals surface area (Å²) in [5.74, 6) is 3.11. The van der Waals surface area contributed by atoms with Crippen molar-refractivity contribution >= 4 is 16.7 Å². The van der Waals surface area contributed by atoms with Gasteiger partial charge in [-0.15, -0.1) is 0 Å². The zero-order valence-electron chi connectivity index (χ0n) is 21.2. The number of halogens is 1. The Kier molecular flexibility index (Phi) is 5.91. The first-order valence-electron chi connectivity index (χ1n) is 13.3. The van der Waals surface area contributed by atoms with Gasteiger partial charge in [-0.3, -0.25) is 0 Å². The molecule has 2 aliphatic carbocycles. The van der Waals surface area contributed by atoms with Crippen LogP contribution in [0, 0.1) is 29.5 Å². The average Bonchev–Trinajstić information content (AvgIpc) is 3.60. The second kappa shape index (κ2) is 9.24. The van der Waals surface area contributed by atoms with E-state index < -0.39 is 0 Å². The maximum Gasteiger partial charge on any atom is 0.151 e. The number of rotatable bonds is 6. The van der Waals surface area contributed by atoms with Crippen LogP contribution in [0.2, 0.25) is 0 Å². The highest BCUT2D eigenvalue weighted by molar-refractivity contribution is 5.80. The van der Waals surface area contributed by atoms with E-state index in [-0.39, 0.29) is 5.82 Å². The van der Waals surface area contributed by atoms with Crippen molar-refractivity contribution in [2.45, 2.75) is 39.0 Å². The standard InChI is InChI=1S/C32H34FN3/c1-19-4-14-28-25(13-15-27(19)28)16-26-17-30-31(35-26)18-29(33)32(36-30)24-11-9-23(10-12-24)22-7-5-21(6-8-22)20(2)34-3/h5-12,17-19,25,27-28,34-35H,2,4,13-16H2,1,3H3. The molecular weight excluding hydrogens is 445 g/mol. The molecule has 2 aromatic heterocycles. The number of pyridine rings is 1. The van der Waals surface area contributed by atoms with E-state index in [9.17, 15) is 0 Å². The molecule has 0 saturated heterocycles. The predicted molar refractivity (Wildman–Crippen MR) is 147 cm³/mol. The fourth-order valence-electron chi connectivity index (χ4n) is 6.77. The molecule has 0 amide bonds. The maximum absolute atomic E-state index is 15.1. The number of benzene rings is 2. The van der Waals surface area contributed by atoms with E-state index in [2.05, 4.69) is 54.1 Å². The van der Waals surface area contributed by atoms with Gasteiger partial charge in [0, 0.05) is 30.1 Å². The van der Waals surface area contributed by atoms with Gasteiger partial charge in [0.15, 0.2) is 5.82 Å². The molecule has 2 aromatic carbocycles. The minimum atomic E-state index is -0.288. The molecule has 3 nitrogen and oxygen atoms in total. The molecule has 0 spiro atoms. The highest BCUT2D eigenvalue weighted by Crippen LogP contribution is 2.51. The van der Waals surface area contributed by atoms with Crippen molar-refractivity contribution in [2.24, 2.45) is 23.7 Å². The first-order chi connectivity index (χ1) is 17.5. The first kappa shape index (κ1) is 23.0. The maximum atomic E-state index is 15.1. The molecule has 4 atom stereocenters. The Hall–Kier alpha value is -3.40. The fraction of sp³-hybridized carbons (Fsp3) is 0.344. The fourth-order valence-corrected chi connectivity index (χ4v) is 6.77. The molecular formula is C32H34FN3. The normalized spacial score (nSPS) is 23.2. The molecule has 2 aliphatic rings. The zero-order chi connectivity index (χ0) is 24.8. The minimum absolute atomic E-state index is 0.288. The number of hydrogen-bond donors (Lipinski definition) is 2. The average molecular weight is 480 g/mol. The van der Waals surface area contributed by atoms with Crippen LogP contribution in [-0.2, 0) is 6.42 Å². The lowest BCUT2D eigenvalue weighted by molar-refractivity contribution is 0.322. The van der Waals surface area contributed by atoms with E-state index >= 15 is 4.39 Å². The van der Waals surface area contributed by atoms with E-state index in [4.69, 9.17) is 4.98 Å². The number of H-pyrrole nitrogens is 1. The lowest BCUT2D eigenvalue weighted by Crippen LogP contribution is -2.13. The van der Waals surface area contributed by atoms with Crippen molar-refractivity contribution in [2.75, 3.05) is 7.05 Å². The molecule has 0 aliphatic heterocycles. The molecule has 2 N–H and O–H groups in total. The molecule has 36 heavy (non-hydrogen) atoms. The summed E-state index contributed by atoms with van der Waals surface area (Å²) in [5.41, 5.74) is 8.18. The van der Waals surface area contributed by atoms with E-state index in [1.54, 1.807) is 6.07 Å². The molecule has 4 aromatic rings. The molecule has 0 radical (unpaired) electrons. The van der Waals surface area contributed by atoms with Crippen LogP contribution >= 0.6 is 0 Å². The smallest absolute Gasteiger partial charge is 0.151 e. The molecule has 4 unspecified atom stereocenters. The number of nitrogens with one attached hydrogen (secondary N) is 2. The van der Waals surface area contributed by atoms with Crippen LogP contribution in [0.1, 0.15) is 43.9 Å². The third-order valence-corrected chi connectivity index (χ3v) is 8.83. The topological polar surface area (TPSA) is 40.7 Å². The van der Waals surface area contributed by atoms with Crippen LogP contribution in [-0.4, -0.2) is 17.0 Å². The van der Waals surface area contributed by atoms with Crippen LogP contribution < -0.4 is 5.32 Å². The number of aromatic amines is 1. The third-order valence-electron chi connectivity index (χ3n) is 8.83. The highest BCUT2D eigenvalue weighted by Gasteiger charge is 2.42. The number of hydrogen-bond acceptors (Lipinski definition) is 2. The predicted octanol–water partition coefficient (Wildman–Crippen LogP) is 7.84. The van der Waals surface area contributed by atoms with Crippen molar-refractivity contribution in [3.8, 4) is 22.4 Å². The zero-order valence-corrected chi connectivity index (χ0v) is 21.2. The molecule has 6 rings (SSSR count). The van der Waals surface area contributed by atoms with Gasteiger partial charge in [0.1, 0.15) is 5.69 Å². The van der Waals surface area contributed by atoms with Gasteiger partial charge in [-0.05, 0) is 72.1 Å². The van der Waals surface area contributed by atoms with Gasteiger partial charge < -0.3 is 10.3 Å². The Morgan fingerprint density at radius 2 is 1.61 bits per heavy atom. The Labute approximate surface area is 212 Å². The molecule has 0 bridgehead atoms. The summed E-state index contributed by atoms with van der Waals surface area (Å²) in [6.45, 7) is 6.43. The quantitative estimate of drug-likeness (QED) is 0.296. The van der Waals surface area contributed by atoms with Crippen molar-refractivity contribution in [1.82, 2.24) is 15.3 Å². The monoisotopic (exact) mass is 479 g/mol. The molecule has 2 saturated carbocycles. The lowest BCUT2D eigenvalue weighted by atomic mass is 9.87. The van der Waals surface area contributed by atoms with E-state index in [0.717, 1.165) is 69.1 Å². The lowest BCUT2D eigenvalue weighted by Gasteiger charge is -2.18. The van der Waals surface area contributed by atoms with E-state index in [1.165, 1.54) is 31.4 Å². The summed E-state index contributed by atoms with van der Waals surface area (Å²) >= 11 is 0. The van der Waals surface area contributed by atoms with Crippen LogP contribution in [0.3, 0.4) is 0 Å². The van der Waals surface area contributed by atoms with Crippen LogP contribution in [0.15, 0.2) is 67.2 Å². The minimum Gasteiger partial charge on any atom is -0.388 e. The van der Waals surface area contributed by atoms with Gasteiger partial charge in [0.25, 0.3) is 0 Å². The Morgan fingerprint density at radius 3 is 2.33 bits per heavy atom. The van der Waals surface area contributed by atoms with Gasteiger partial charge in [0.05, 0.1) is 11.0 Å². The summed E-state index contributed by atoms with van der Waals surface area (Å²) < 4.78 is 15.1. The third kappa shape index (κ3) is 4.13. The summed E-state index contributed by atoms with van der Waals surface area (Å²) in [6.07, 6.45) is 6.50. The van der Waals surface area contributed by atoms with Crippen molar-refractivity contribution in [3.63, 3.8) is 0 Å². The molecule has 4 heteroatoms. The Bertz CT molecular complexity index is 1400. The van der Waals surface area contributed by atoms with Gasteiger partial charge in [-0.2, -0.15) is 0 Å². The van der Waals surface area contributed by atoms with Crippen molar-refractivity contribution in [1.29, 1.82) is 0 Å². The van der Waals surface area contributed by atoms with Crippen LogP contribution in [0.4, 0.5) is 4.39 Å². The van der Waals surface area contributed by atoms with Crippen LogP contribution in [0.5, 0.6) is 0 Å². The number of aromatic nitrogens is 2. The van der Waals surface area contributed by atoms with E-state index in [1.807, 2.05) is 31.3 Å². The summed E-state index contributed by atoms with van der Waals surface area (Å²) in [4.78, 5) is 8.21. The van der Waals surface area contributed by atoms with Crippen molar-refractivity contribution in [3.05, 3.63) is 84.3 Å². The van der Waals surface area contributed by atoms with Crippen LogP contribution in [0.25, 0.3) is 39.1 Å². The van der Waals surface area contributed by atoms with Gasteiger partial charge in [-0.25, -0.2) is 9.37 Å². The first-order valence-corrected chi connectivity index (χ1v) is 13.3. The number of nitrogens with zero attached hydrogens (tertiary/aromatic N) is 1. The summed E-state index contributed by atoms with van der Waals surface area (Å²) in [7, 11) is 1.87. The van der Waals surface area contributed by atoms with Gasteiger partial charge in [-0.1, -0.05) is 68.5 Å². The number of fused-ring (bicyclic) bond motifs is 2. The second-order valence-electron chi connectivity index (χ2n) is 10.9. The summed E-state index contributed by atoms with van der Waals surface area (Å²) in [5, 5.41) is 3.07. The summed E-state index contributed by atoms with van der Waals surface area (Å²) in [6, 6.07) is 20.0. The van der Waals surface area contributed by atoms with Gasteiger partial charge in [0.2, 0.25) is 0 Å². The molecule has 184 valence electrons. The van der Waals surface area contributed by atoms with Crippen molar-refractivity contribution < 1.29 is 4.39 Å². The van der Waals surface area contributed by atoms with E-state index in [0.29, 0.717) is 5.69 Å². The highest BCUT2D eigenvalue weighted by atomic mass is 19.1. The SMILES string of the molecule is C=C(NC)c1ccc(-c2ccc(-c3nc4cc(CC5CCC6C(C)CCC56)[nH]c4cc3F)cc2)cc1. The largest absolute Gasteiger partial charge is 0.388 e. The molecule has 2 heterocycles. The van der Waals surface area contributed by atoms with Gasteiger partial charge >= 0.3 is 0 Å². The second-order valence-corrected chi connectivity index (χ2v) is 10.9. The Balaban J connectivity index is 1.22. The molecule has 2 fully saturated rings. The Morgan fingerprint density at radius 1 is 0.944 bits per heavy atom.